The highest BCUT2D eigenvalue weighted by atomic mass is 16.5. The Balaban J connectivity index is 1.41. The molecule has 3 aromatic rings. The van der Waals surface area contributed by atoms with Gasteiger partial charge in [0.1, 0.15) is 11.3 Å². The van der Waals surface area contributed by atoms with Gasteiger partial charge < -0.3 is 14.1 Å². The van der Waals surface area contributed by atoms with E-state index in [4.69, 9.17) is 9.15 Å². The first-order valence-corrected chi connectivity index (χ1v) is 9.70. The van der Waals surface area contributed by atoms with E-state index in [0.29, 0.717) is 18.8 Å². The zero-order valence-corrected chi connectivity index (χ0v) is 16.7. The molecule has 1 aliphatic rings. The quantitative estimate of drug-likeness (QED) is 0.688. The van der Waals surface area contributed by atoms with Gasteiger partial charge in [-0.25, -0.2) is 0 Å². The van der Waals surface area contributed by atoms with Crippen LogP contribution in [0.15, 0.2) is 46.9 Å². The smallest absolute Gasteiger partial charge is 0.289 e. The minimum Gasteiger partial charge on any atom is -0.497 e. The molecular weight excluding hydrogens is 352 g/mol. The summed E-state index contributed by atoms with van der Waals surface area (Å²) in [6.07, 6.45) is 0. The lowest BCUT2D eigenvalue weighted by atomic mass is 10.1. The normalized spacial score (nSPS) is 15.2. The molecule has 0 atom stereocenters. The Hall–Kier alpha value is -2.79. The highest BCUT2D eigenvalue weighted by Crippen LogP contribution is 2.28. The summed E-state index contributed by atoms with van der Waals surface area (Å²) in [6, 6.07) is 14.2. The molecule has 0 saturated carbocycles. The summed E-state index contributed by atoms with van der Waals surface area (Å²) in [7, 11) is 1.68. The van der Waals surface area contributed by atoms with Gasteiger partial charge in [0.15, 0.2) is 5.76 Å². The molecule has 0 unspecified atom stereocenters. The predicted octanol–water partition coefficient (Wildman–Crippen LogP) is 4.02. The number of carbonyl (C=O) groups excluding carboxylic acids is 1. The third kappa shape index (κ3) is 3.50. The van der Waals surface area contributed by atoms with Gasteiger partial charge in [-0.1, -0.05) is 30.3 Å². The largest absolute Gasteiger partial charge is 0.497 e. The van der Waals surface area contributed by atoms with E-state index in [9.17, 15) is 4.79 Å². The van der Waals surface area contributed by atoms with Crippen molar-refractivity contribution < 1.29 is 13.9 Å². The molecule has 0 bridgehead atoms. The lowest BCUT2D eigenvalue weighted by Crippen LogP contribution is -2.48. The number of piperazine rings is 1. The van der Waals surface area contributed by atoms with Gasteiger partial charge in [0.05, 0.1) is 7.11 Å². The van der Waals surface area contributed by atoms with Crippen molar-refractivity contribution in [2.24, 2.45) is 0 Å². The van der Waals surface area contributed by atoms with E-state index in [0.717, 1.165) is 47.5 Å². The van der Waals surface area contributed by atoms with E-state index in [1.54, 1.807) is 7.11 Å². The minimum atomic E-state index is -0.00259. The second-order valence-corrected chi connectivity index (χ2v) is 7.42. The van der Waals surface area contributed by atoms with Gasteiger partial charge >= 0.3 is 0 Å². The fourth-order valence-electron chi connectivity index (χ4n) is 3.83. The first-order chi connectivity index (χ1) is 13.6. The minimum absolute atomic E-state index is 0.00259. The van der Waals surface area contributed by atoms with Crippen molar-refractivity contribution in [1.82, 2.24) is 9.80 Å². The standard InChI is InChI=1S/C23H26N2O3/c1-16-5-4-6-20-17(2)22(28-21(16)20)23(26)25-13-11-24(12-14-25)15-18-7-9-19(27-3)10-8-18/h4-10H,11-15H2,1-3H3. The molecule has 2 aromatic carbocycles. The van der Waals surface area contributed by atoms with Crippen LogP contribution in [0.25, 0.3) is 11.0 Å². The van der Waals surface area contributed by atoms with Crippen molar-refractivity contribution in [2.75, 3.05) is 33.3 Å². The molecule has 5 heteroatoms. The number of benzene rings is 2. The van der Waals surface area contributed by atoms with Gasteiger partial charge in [-0.15, -0.1) is 0 Å². The molecule has 0 aliphatic carbocycles. The van der Waals surface area contributed by atoms with E-state index >= 15 is 0 Å². The molecule has 0 radical (unpaired) electrons. The summed E-state index contributed by atoms with van der Waals surface area (Å²) in [5.74, 6) is 1.35. The van der Waals surface area contributed by atoms with Crippen molar-refractivity contribution in [3.05, 3.63) is 64.9 Å². The molecule has 4 rings (SSSR count). The third-order valence-corrected chi connectivity index (χ3v) is 5.58. The molecule has 0 spiro atoms. The summed E-state index contributed by atoms with van der Waals surface area (Å²) in [5.41, 5.74) is 4.07. The van der Waals surface area contributed by atoms with Crippen LogP contribution in [0.4, 0.5) is 0 Å². The summed E-state index contributed by atoms with van der Waals surface area (Å²) in [4.78, 5) is 17.3. The molecule has 1 amide bonds. The molecule has 28 heavy (non-hydrogen) atoms. The zero-order chi connectivity index (χ0) is 19.7. The number of hydrogen-bond acceptors (Lipinski definition) is 4. The van der Waals surface area contributed by atoms with Crippen molar-refractivity contribution >= 4 is 16.9 Å². The topological polar surface area (TPSA) is 45.9 Å². The van der Waals surface area contributed by atoms with Crippen LogP contribution in [0, 0.1) is 13.8 Å². The lowest BCUT2D eigenvalue weighted by molar-refractivity contribution is 0.0599. The molecule has 1 aromatic heterocycles. The molecule has 2 heterocycles. The predicted molar refractivity (Wildman–Crippen MR) is 110 cm³/mol. The van der Waals surface area contributed by atoms with Gasteiger partial charge in [0, 0.05) is 43.7 Å². The van der Waals surface area contributed by atoms with Gasteiger partial charge in [-0.2, -0.15) is 0 Å². The molecule has 5 nitrogen and oxygen atoms in total. The second-order valence-electron chi connectivity index (χ2n) is 7.42. The number of furan rings is 1. The van der Waals surface area contributed by atoms with Gasteiger partial charge in [-0.05, 0) is 37.1 Å². The van der Waals surface area contributed by atoms with E-state index in [2.05, 4.69) is 17.0 Å². The van der Waals surface area contributed by atoms with Crippen molar-refractivity contribution in [3.8, 4) is 5.75 Å². The number of aryl methyl sites for hydroxylation is 2. The summed E-state index contributed by atoms with van der Waals surface area (Å²) in [6.45, 7) is 8.01. The molecular formula is C23H26N2O3. The number of ether oxygens (including phenoxy) is 1. The Bertz CT molecular complexity index is 983. The van der Waals surface area contributed by atoms with Crippen molar-refractivity contribution in [3.63, 3.8) is 0 Å². The second kappa shape index (κ2) is 7.68. The maximum Gasteiger partial charge on any atom is 0.289 e. The molecule has 1 saturated heterocycles. The monoisotopic (exact) mass is 378 g/mol. The fourth-order valence-corrected chi connectivity index (χ4v) is 3.83. The molecule has 1 fully saturated rings. The van der Waals surface area contributed by atoms with E-state index < -0.39 is 0 Å². The zero-order valence-electron chi connectivity index (χ0n) is 16.7. The van der Waals surface area contributed by atoms with E-state index in [1.807, 2.05) is 49.1 Å². The average molecular weight is 378 g/mol. The Morgan fingerprint density at radius 3 is 2.39 bits per heavy atom. The van der Waals surface area contributed by atoms with Crippen LogP contribution in [0.5, 0.6) is 5.75 Å². The Labute approximate surface area is 165 Å². The van der Waals surface area contributed by atoms with Crippen LogP contribution in [0.3, 0.4) is 0 Å². The summed E-state index contributed by atoms with van der Waals surface area (Å²) in [5, 5.41) is 1.03. The summed E-state index contributed by atoms with van der Waals surface area (Å²) >= 11 is 0. The van der Waals surface area contributed by atoms with Crippen LogP contribution in [0.1, 0.15) is 27.2 Å². The van der Waals surface area contributed by atoms with Crippen molar-refractivity contribution in [2.45, 2.75) is 20.4 Å². The van der Waals surface area contributed by atoms with Crippen LogP contribution < -0.4 is 4.74 Å². The van der Waals surface area contributed by atoms with E-state index in [1.165, 1.54) is 5.56 Å². The Kier molecular flexibility index (Phi) is 5.09. The Morgan fingerprint density at radius 2 is 1.75 bits per heavy atom. The third-order valence-electron chi connectivity index (χ3n) is 5.58. The number of fused-ring (bicyclic) bond motifs is 1. The van der Waals surface area contributed by atoms with Crippen molar-refractivity contribution in [1.29, 1.82) is 0 Å². The fraction of sp³-hybridized carbons (Fsp3) is 0.348. The maximum absolute atomic E-state index is 13.0. The SMILES string of the molecule is COc1ccc(CN2CCN(C(=O)c3oc4c(C)cccc4c3C)CC2)cc1. The highest BCUT2D eigenvalue weighted by molar-refractivity contribution is 5.99. The number of rotatable bonds is 4. The van der Waals surface area contributed by atoms with Crippen LogP contribution in [-0.2, 0) is 6.54 Å². The number of amides is 1. The number of carbonyl (C=O) groups is 1. The number of methoxy groups -OCH3 is 1. The molecule has 1 aliphatic heterocycles. The first-order valence-electron chi connectivity index (χ1n) is 9.70. The molecule has 146 valence electrons. The average Bonchev–Trinajstić information content (AvgIpc) is 3.07. The molecule has 0 N–H and O–H groups in total. The first kappa shape index (κ1) is 18.6. The maximum atomic E-state index is 13.0. The number of nitrogens with zero attached hydrogens (tertiary/aromatic N) is 2. The Morgan fingerprint density at radius 1 is 1.04 bits per heavy atom. The van der Waals surface area contributed by atoms with Gasteiger partial charge in [0.25, 0.3) is 5.91 Å². The highest BCUT2D eigenvalue weighted by Gasteiger charge is 2.27. The van der Waals surface area contributed by atoms with E-state index in [-0.39, 0.29) is 5.91 Å². The van der Waals surface area contributed by atoms with Crippen LogP contribution >= 0.6 is 0 Å². The lowest BCUT2D eigenvalue weighted by Gasteiger charge is -2.34. The number of para-hydroxylation sites is 1. The van der Waals surface area contributed by atoms with Crippen LogP contribution in [-0.4, -0.2) is 49.0 Å². The summed E-state index contributed by atoms with van der Waals surface area (Å²) < 4.78 is 11.2. The number of hydrogen-bond donors (Lipinski definition) is 0. The van der Waals surface area contributed by atoms with Gasteiger partial charge in [-0.3, -0.25) is 9.69 Å². The van der Waals surface area contributed by atoms with Gasteiger partial charge in [0.2, 0.25) is 0 Å². The van der Waals surface area contributed by atoms with Crippen LogP contribution in [0.2, 0.25) is 0 Å².